The zero-order chi connectivity index (χ0) is 16.6. The Balaban J connectivity index is 2.24. The van der Waals surface area contributed by atoms with Crippen LogP contribution in [0.4, 0.5) is 4.39 Å². The van der Waals surface area contributed by atoms with Gasteiger partial charge in [0, 0.05) is 28.4 Å². The van der Waals surface area contributed by atoms with Crippen LogP contribution in [-0.4, -0.2) is 18.4 Å². The van der Waals surface area contributed by atoms with Gasteiger partial charge < -0.3 is 0 Å². The van der Waals surface area contributed by atoms with Crippen molar-refractivity contribution < 1.29 is 12.8 Å². The molecule has 8 heteroatoms. The van der Waals surface area contributed by atoms with Crippen LogP contribution in [0.3, 0.4) is 0 Å². The summed E-state index contributed by atoms with van der Waals surface area (Å²) in [7, 11) is -3.93. The molecule has 3 aromatic rings. The highest BCUT2D eigenvalue weighted by molar-refractivity contribution is 7.89. The van der Waals surface area contributed by atoms with Gasteiger partial charge in [-0.3, -0.25) is 4.98 Å². The van der Waals surface area contributed by atoms with Crippen LogP contribution in [0, 0.1) is 12.7 Å². The molecule has 2 heterocycles. The van der Waals surface area contributed by atoms with Gasteiger partial charge in [0.2, 0.25) is 10.0 Å². The number of primary sulfonamides is 1. The number of aromatic nitrogens is 2. The van der Waals surface area contributed by atoms with Crippen molar-refractivity contribution >= 4 is 21.4 Å². The summed E-state index contributed by atoms with van der Waals surface area (Å²) in [6, 6.07) is 6.88. The normalized spacial score (nSPS) is 11.6. The molecule has 0 atom stereocenters. The van der Waals surface area contributed by atoms with Crippen molar-refractivity contribution in [2.75, 3.05) is 0 Å². The van der Waals surface area contributed by atoms with E-state index in [1.165, 1.54) is 23.6 Å². The average Bonchev–Trinajstić information content (AvgIpc) is 2.93. The van der Waals surface area contributed by atoms with Crippen LogP contribution >= 0.6 is 11.3 Å². The first kappa shape index (κ1) is 15.7. The van der Waals surface area contributed by atoms with Crippen LogP contribution in [0.15, 0.2) is 46.8 Å². The minimum Gasteiger partial charge on any atom is -0.255 e. The second kappa shape index (κ2) is 5.80. The molecule has 23 heavy (non-hydrogen) atoms. The third kappa shape index (κ3) is 3.14. The van der Waals surface area contributed by atoms with Crippen LogP contribution in [0.5, 0.6) is 0 Å². The summed E-state index contributed by atoms with van der Waals surface area (Å²) in [5.74, 6) is -0.578. The van der Waals surface area contributed by atoms with Crippen molar-refractivity contribution in [1.29, 1.82) is 0 Å². The van der Waals surface area contributed by atoms with Crippen LogP contribution in [-0.2, 0) is 10.0 Å². The van der Waals surface area contributed by atoms with Crippen LogP contribution < -0.4 is 5.14 Å². The predicted octanol–water partition coefficient (Wildman–Crippen LogP) is 2.97. The summed E-state index contributed by atoms with van der Waals surface area (Å²) in [5.41, 5.74) is 1.87. The Morgan fingerprint density at radius 3 is 2.65 bits per heavy atom. The lowest BCUT2D eigenvalue weighted by Gasteiger charge is -2.09. The number of aryl methyl sites for hydroxylation is 1. The van der Waals surface area contributed by atoms with E-state index in [0.717, 1.165) is 17.8 Å². The van der Waals surface area contributed by atoms with Crippen LogP contribution in [0.2, 0.25) is 0 Å². The molecule has 2 aromatic heterocycles. The fourth-order valence-electron chi connectivity index (χ4n) is 2.13. The quantitative estimate of drug-likeness (QED) is 0.788. The van der Waals surface area contributed by atoms with Gasteiger partial charge in [-0.1, -0.05) is 0 Å². The van der Waals surface area contributed by atoms with E-state index >= 15 is 0 Å². The Morgan fingerprint density at radius 1 is 1.22 bits per heavy atom. The number of sulfonamides is 1. The highest BCUT2D eigenvalue weighted by atomic mass is 32.2. The van der Waals surface area contributed by atoms with Crippen molar-refractivity contribution in [2.24, 2.45) is 5.14 Å². The molecule has 0 unspecified atom stereocenters. The van der Waals surface area contributed by atoms with Crippen molar-refractivity contribution in [1.82, 2.24) is 9.97 Å². The molecule has 0 spiro atoms. The Labute approximate surface area is 136 Å². The second-order valence-corrected chi connectivity index (χ2v) is 7.30. The largest absolute Gasteiger partial charge is 0.255 e. The van der Waals surface area contributed by atoms with Crippen molar-refractivity contribution in [3.63, 3.8) is 0 Å². The fraction of sp³-hybridized carbons (Fsp3) is 0.0667. The molecule has 0 aliphatic carbocycles. The third-order valence-corrected chi connectivity index (χ3v) is 5.08. The number of nitrogens with zero attached hydrogens (tertiary/aromatic N) is 2. The van der Waals surface area contributed by atoms with Crippen molar-refractivity contribution in [2.45, 2.75) is 11.8 Å². The number of pyridine rings is 1. The van der Waals surface area contributed by atoms with E-state index in [-0.39, 0.29) is 10.5 Å². The summed E-state index contributed by atoms with van der Waals surface area (Å²) in [6.45, 7) is 1.86. The molecule has 3 rings (SSSR count). The summed E-state index contributed by atoms with van der Waals surface area (Å²) in [4.78, 5) is 8.42. The molecule has 5 nitrogen and oxygen atoms in total. The predicted molar refractivity (Wildman–Crippen MR) is 86.8 cm³/mol. The maximum atomic E-state index is 14.3. The minimum absolute atomic E-state index is 0.0694. The zero-order valence-corrected chi connectivity index (χ0v) is 13.7. The Morgan fingerprint density at radius 2 is 2.00 bits per heavy atom. The Hall–Kier alpha value is -2.16. The number of hydrogen-bond acceptors (Lipinski definition) is 5. The topological polar surface area (TPSA) is 85.9 Å². The summed E-state index contributed by atoms with van der Waals surface area (Å²) < 4.78 is 37.3. The first-order chi connectivity index (χ1) is 10.9. The van der Waals surface area contributed by atoms with Gasteiger partial charge in [-0.2, -0.15) is 0 Å². The van der Waals surface area contributed by atoms with Gasteiger partial charge in [0.25, 0.3) is 0 Å². The first-order valence-corrected chi connectivity index (χ1v) is 8.99. The van der Waals surface area contributed by atoms with E-state index < -0.39 is 15.8 Å². The van der Waals surface area contributed by atoms with Gasteiger partial charge in [0.1, 0.15) is 10.8 Å². The second-order valence-electron chi connectivity index (χ2n) is 4.88. The maximum Gasteiger partial charge on any atom is 0.238 e. The monoisotopic (exact) mass is 349 g/mol. The van der Waals surface area contributed by atoms with Gasteiger partial charge in [0.05, 0.1) is 10.6 Å². The van der Waals surface area contributed by atoms with Gasteiger partial charge in [-0.15, -0.1) is 11.3 Å². The highest BCUT2D eigenvalue weighted by Crippen LogP contribution is 2.34. The average molecular weight is 349 g/mol. The molecule has 0 radical (unpaired) electrons. The molecule has 0 fully saturated rings. The van der Waals surface area contributed by atoms with E-state index in [0.29, 0.717) is 16.3 Å². The third-order valence-electron chi connectivity index (χ3n) is 3.18. The highest BCUT2D eigenvalue weighted by Gasteiger charge is 2.18. The van der Waals surface area contributed by atoms with E-state index in [4.69, 9.17) is 5.14 Å². The van der Waals surface area contributed by atoms with Gasteiger partial charge in [-0.25, -0.2) is 22.9 Å². The molecule has 0 aliphatic heterocycles. The van der Waals surface area contributed by atoms with Gasteiger partial charge in [-0.05, 0) is 37.3 Å². The Kier molecular flexibility index (Phi) is 3.97. The van der Waals surface area contributed by atoms with E-state index in [2.05, 4.69) is 9.97 Å². The molecule has 0 aliphatic rings. The van der Waals surface area contributed by atoms with Crippen LogP contribution in [0.1, 0.15) is 5.69 Å². The number of thiazole rings is 1. The smallest absolute Gasteiger partial charge is 0.238 e. The van der Waals surface area contributed by atoms with Gasteiger partial charge in [0.15, 0.2) is 0 Å². The fourth-order valence-corrected chi connectivity index (χ4v) is 3.50. The number of benzene rings is 1. The molecule has 0 bridgehead atoms. The lowest BCUT2D eigenvalue weighted by molar-refractivity contribution is 0.596. The van der Waals surface area contributed by atoms with Crippen LogP contribution in [0.25, 0.3) is 21.8 Å². The molecular formula is C15H12FN3O2S2. The number of rotatable bonds is 3. The molecule has 0 saturated heterocycles. The minimum atomic E-state index is -3.93. The standard InChI is InChI=1S/C15H12FN3O2S2/c1-9-8-22-15(19-9)11-3-2-6-18-14(11)12-7-10(23(17,20)21)4-5-13(12)16/h2-8H,1H3,(H2,17,20,21). The number of hydrogen-bond donors (Lipinski definition) is 1. The summed E-state index contributed by atoms with van der Waals surface area (Å²) >= 11 is 1.41. The molecule has 0 saturated carbocycles. The SMILES string of the molecule is Cc1csc(-c2cccnc2-c2cc(S(N)(=O)=O)ccc2F)n1. The number of halogens is 1. The van der Waals surface area contributed by atoms with Crippen molar-refractivity contribution in [3.8, 4) is 21.8 Å². The van der Waals surface area contributed by atoms with E-state index in [1.54, 1.807) is 12.1 Å². The first-order valence-electron chi connectivity index (χ1n) is 6.56. The Bertz CT molecular complexity index is 984. The molecule has 1 aromatic carbocycles. The molecule has 118 valence electrons. The van der Waals surface area contributed by atoms with E-state index in [9.17, 15) is 12.8 Å². The van der Waals surface area contributed by atoms with Crippen molar-refractivity contribution in [3.05, 3.63) is 53.4 Å². The zero-order valence-electron chi connectivity index (χ0n) is 12.0. The molecule has 2 N–H and O–H groups in total. The summed E-state index contributed by atoms with van der Waals surface area (Å²) in [6.07, 6.45) is 1.52. The summed E-state index contributed by atoms with van der Waals surface area (Å²) in [5, 5.41) is 7.69. The lowest BCUT2D eigenvalue weighted by atomic mass is 10.1. The molecular weight excluding hydrogens is 337 g/mol. The number of nitrogens with two attached hydrogens (primary N) is 1. The maximum absolute atomic E-state index is 14.3. The van der Waals surface area contributed by atoms with E-state index in [1.807, 2.05) is 12.3 Å². The molecule has 0 amide bonds. The van der Waals surface area contributed by atoms with Gasteiger partial charge >= 0.3 is 0 Å². The lowest BCUT2D eigenvalue weighted by Crippen LogP contribution is -2.12.